The van der Waals surface area contributed by atoms with E-state index < -0.39 is 21.8 Å². The number of methoxy groups -OCH3 is 1. The molecule has 1 atom stereocenters. The normalized spacial score (nSPS) is 19.8. The van der Waals surface area contributed by atoms with Gasteiger partial charge in [0.1, 0.15) is 12.4 Å². The molecule has 0 bridgehead atoms. The van der Waals surface area contributed by atoms with Gasteiger partial charge in [-0.05, 0) is 48.3 Å². The molecule has 1 unspecified atom stereocenters. The lowest BCUT2D eigenvalue weighted by Gasteiger charge is -2.52. The Hall–Kier alpha value is -3.90. The summed E-state index contributed by atoms with van der Waals surface area (Å²) in [5.41, 5.74) is 2.59. The Morgan fingerprint density at radius 3 is 2.79 bits per heavy atom. The van der Waals surface area contributed by atoms with Crippen molar-refractivity contribution in [3.63, 3.8) is 0 Å². The van der Waals surface area contributed by atoms with Crippen LogP contribution in [0.25, 0.3) is 10.9 Å². The van der Waals surface area contributed by atoms with E-state index >= 15 is 0 Å². The van der Waals surface area contributed by atoms with Crippen molar-refractivity contribution in [2.75, 3.05) is 55.4 Å². The zero-order valence-electron chi connectivity index (χ0n) is 23.9. The molecule has 2 aliphatic heterocycles. The number of benzene rings is 1. The first kappa shape index (κ1) is 28.2. The highest BCUT2D eigenvalue weighted by Gasteiger charge is 2.34. The zero-order chi connectivity index (χ0) is 29.4. The molecular formula is C30H34F2N6O3S. The van der Waals surface area contributed by atoms with Crippen molar-refractivity contribution in [1.29, 1.82) is 0 Å². The molecule has 1 saturated heterocycles. The van der Waals surface area contributed by atoms with Gasteiger partial charge < -0.3 is 24.3 Å². The van der Waals surface area contributed by atoms with E-state index in [0.29, 0.717) is 36.6 Å². The Bertz CT molecular complexity index is 1680. The number of hydrogen-bond acceptors (Lipinski definition) is 8. The molecule has 222 valence electrons. The minimum atomic E-state index is -1.46. The lowest BCUT2D eigenvalue weighted by molar-refractivity contribution is 0.267. The topological polar surface area (TPSA) is 84.8 Å². The fourth-order valence-corrected chi connectivity index (χ4v) is 8.95. The molecule has 42 heavy (non-hydrogen) atoms. The molecule has 3 aromatic heterocycles. The number of nitrogens with zero attached hydrogens (tertiary/aromatic N) is 5. The minimum Gasteiger partial charge on any atom is -0.486 e. The third kappa shape index (κ3) is 5.24. The fourth-order valence-electron chi connectivity index (χ4n) is 5.79. The number of rotatable bonds is 8. The van der Waals surface area contributed by atoms with E-state index in [9.17, 15) is 13.6 Å². The molecule has 0 spiro atoms. The van der Waals surface area contributed by atoms with Crippen LogP contribution in [0.4, 0.5) is 20.3 Å². The first-order chi connectivity index (χ1) is 20.3. The maximum absolute atomic E-state index is 14.6. The largest absolute Gasteiger partial charge is 0.486 e. The van der Waals surface area contributed by atoms with Crippen molar-refractivity contribution >= 4 is 32.6 Å². The third-order valence-electron chi connectivity index (χ3n) is 8.02. The van der Waals surface area contributed by atoms with Gasteiger partial charge in [0.15, 0.2) is 17.0 Å². The molecule has 4 aromatic rings. The van der Waals surface area contributed by atoms with E-state index in [4.69, 9.17) is 9.47 Å². The minimum absolute atomic E-state index is 0.132. The average Bonchev–Trinajstić information content (AvgIpc) is 3.01. The molecule has 12 heteroatoms. The highest BCUT2D eigenvalue weighted by atomic mass is 32.3. The maximum atomic E-state index is 14.6. The summed E-state index contributed by atoms with van der Waals surface area (Å²) < 4.78 is 44.1. The number of anilines is 2. The Labute approximate surface area is 244 Å². The number of aromatic nitrogens is 3. The van der Waals surface area contributed by atoms with E-state index in [2.05, 4.69) is 36.8 Å². The summed E-state index contributed by atoms with van der Waals surface area (Å²) in [6.45, 7) is 2.47. The number of nitrogens with one attached hydrogen (secondary N) is 1. The summed E-state index contributed by atoms with van der Waals surface area (Å²) in [6.07, 6.45) is 8.69. The van der Waals surface area contributed by atoms with Crippen LogP contribution in [0.3, 0.4) is 0 Å². The number of ether oxygens (including phenoxy) is 2. The summed E-state index contributed by atoms with van der Waals surface area (Å²) >= 11 is 0. The van der Waals surface area contributed by atoms with Crippen LogP contribution >= 0.6 is 10.2 Å². The van der Waals surface area contributed by atoms with Gasteiger partial charge in [-0.3, -0.25) is 9.10 Å². The number of pyridine rings is 3. The van der Waals surface area contributed by atoms with E-state index in [1.165, 1.54) is 0 Å². The molecule has 0 aliphatic carbocycles. The standard InChI is InChI=1S/C30H34F2N6O3S/c1-33-25-6-5-22(15-35-25)37-9-4-12-42(3,19-37)38(16-20-7-8-34-26(13-20)40-2)18-21-17-36-10-11-41-30-27(32)24(31)14-23(28(30)36)29(21)39/h5-8,13-15,17H,4,9-12,16,18-19H2,1-3H3,(H,33,35). The predicted molar refractivity (Wildman–Crippen MR) is 163 cm³/mol. The Kier molecular flexibility index (Phi) is 7.67. The lowest BCUT2D eigenvalue weighted by atomic mass is 10.1. The smallest absolute Gasteiger partial charge is 0.213 e. The van der Waals surface area contributed by atoms with Crippen molar-refractivity contribution in [3.8, 4) is 11.6 Å². The first-order valence-electron chi connectivity index (χ1n) is 13.8. The van der Waals surface area contributed by atoms with Gasteiger partial charge in [0.25, 0.3) is 0 Å². The van der Waals surface area contributed by atoms with Crippen LogP contribution < -0.4 is 25.1 Å². The van der Waals surface area contributed by atoms with Crippen molar-refractivity contribution < 1.29 is 18.3 Å². The summed E-state index contributed by atoms with van der Waals surface area (Å²) in [4.78, 5) is 25.0. The summed E-state index contributed by atoms with van der Waals surface area (Å²) in [5, 5.41) is 3.20. The van der Waals surface area contributed by atoms with E-state index in [-0.39, 0.29) is 23.2 Å². The molecule has 5 heterocycles. The molecule has 1 N–H and O–H groups in total. The Morgan fingerprint density at radius 2 is 2.02 bits per heavy atom. The monoisotopic (exact) mass is 596 g/mol. The second-order valence-electron chi connectivity index (χ2n) is 10.8. The second kappa shape index (κ2) is 11.4. The molecule has 1 aromatic carbocycles. The Balaban J connectivity index is 1.40. The highest BCUT2D eigenvalue weighted by Crippen LogP contribution is 2.53. The van der Waals surface area contributed by atoms with Crippen LogP contribution in [0.2, 0.25) is 0 Å². The van der Waals surface area contributed by atoms with Crippen molar-refractivity contribution in [2.45, 2.75) is 26.1 Å². The van der Waals surface area contributed by atoms with Crippen LogP contribution in [-0.2, 0) is 19.6 Å². The molecular weight excluding hydrogens is 562 g/mol. The van der Waals surface area contributed by atoms with Crippen LogP contribution in [0.15, 0.2) is 53.7 Å². The van der Waals surface area contributed by atoms with Gasteiger partial charge in [0.2, 0.25) is 11.7 Å². The van der Waals surface area contributed by atoms with Crippen molar-refractivity contribution in [3.05, 3.63) is 81.9 Å². The molecule has 0 amide bonds. The summed E-state index contributed by atoms with van der Waals surface area (Å²) in [5.74, 6) is 0.785. The fraction of sp³-hybridized carbons (Fsp3) is 0.367. The molecule has 1 fully saturated rings. The summed E-state index contributed by atoms with van der Waals surface area (Å²) in [7, 11) is 1.97. The number of hydrogen-bond donors (Lipinski definition) is 1. The van der Waals surface area contributed by atoms with E-state index in [1.54, 1.807) is 19.5 Å². The molecule has 2 aliphatic rings. The highest BCUT2D eigenvalue weighted by molar-refractivity contribution is 8.31. The van der Waals surface area contributed by atoms with Gasteiger partial charge in [0.05, 0.1) is 42.3 Å². The maximum Gasteiger partial charge on any atom is 0.213 e. The van der Waals surface area contributed by atoms with Gasteiger partial charge in [-0.1, -0.05) is 0 Å². The SMILES string of the molecule is CNc1ccc(N2CCCS(C)(N(Cc3ccnc(OC)c3)Cc3cn4c5c(c(F)c(F)cc5c3=O)OCC4)C2)cn1. The van der Waals surface area contributed by atoms with Crippen molar-refractivity contribution in [1.82, 2.24) is 18.8 Å². The van der Waals surface area contributed by atoms with Crippen LogP contribution in [0.5, 0.6) is 11.6 Å². The van der Waals surface area contributed by atoms with Crippen LogP contribution in [0.1, 0.15) is 17.5 Å². The van der Waals surface area contributed by atoms with Crippen molar-refractivity contribution in [2.24, 2.45) is 0 Å². The van der Waals surface area contributed by atoms with Gasteiger partial charge >= 0.3 is 0 Å². The predicted octanol–water partition coefficient (Wildman–Crippen LogP) is 4.73. The molecule has 0 saturated carbocycles. The van der Waals surface area contributed by atoms with Crippen LogP contribution in [0, 0.1) is 11.6 Å². The average molecular weight is 597 g/mol. The van der Waals surface area contributed by atoms with Gasteiger partial charge in [-0.15, -0.1) is 0 Å². The Morgan fingerprint density at radius 1 is 1.17 bits per heavy atom. The molecule has 0 radical (unpaired) electrons. The second-order valence-corrected chi connectivity index (χ2v) is 14.4. The third-order valence-corrected chi connectivity index (χ3v) is 11.6. The summed E-state index contributed by atoms with van der Waals surface area (Å²) in [6, 6.07) is 8.92. The van der Waals surface area contributed by atoms with Crippen LogP contribution in [-0.4, -0.2) is 64.0 Å². The zero-order valence-corrected chi connectivity index (χ0v) is 24.7. The van der Waals surface area contributed by atoms with E-state index in [1.807, 2.05) is 36.0 Å². The van der Waals surface area contributed by atoms with Gasteiger partial charge in [-0.2, -0.15) is 14.6 Å². The van der Waals surface area contributed by atoms with Gasteiger partial charge in [0, 0.05) is 50.7 Å². The first-order valence-corrected chi connectivity index (χ1v) is 16.2. The van der Waals surface area contributed by atoms with E-state index in [0.717, 1.165) is 47.7 Å². The molecule has 6 rings (SSSR count). The quantitative estimate of drug-likeness (QED) is 0.313. The number of halogens is 2. The lowest BCUT2D eigenvalue weighted by Crippen LogP contribution is -2.43. The van der Waals surface area contributed by atoms with Gasteiger partial charge in [-0.25, -0.2) is 14.4 Å². The molecule has 9 nitrogen and oxygen atoms in total.